The van der Waals surface area contributed by atoms with Gasteiger partial charge in [-0.1, -0.05) is 127 Å². The predicted molar refractivity (Wildman–Crippen MR) is 213 cm³/mol. The number of fused-ring (bicyclic) bond motifs is 9. The lowest BCUT2D eigenvalue weighted by molar-refractivity contribution is 0.669. The molecular formula is C47H28N4O. The molecule has 0 amide bonds. The molecular weight excluding hydrogens is 637 g/mol. The highest BCUT2D eigenvalue weighted by Gasteiger charge is 2.21. The van der Waals surface area contributed by atoms with Gasteiger partial charge in [0.15, 0.2) is 17.5 Å². The minimum absolute atomic E-state index is 0.594. The summed E-state index contributed by atoms with van der Waals surface area (Å²) in [5.74, 6) is 1.84. The zero-order chi connectivity index (χ0) is 34.2. The van der Waals surface area contributed by atoms with Crippen LogP contribution in [0, 0.1) is 0 Å². The van der Waals surface area contributed by atoms with Gasteiger partial charge in [0.25, 0.3) is 0 Å². The molecule has 0 bridgehead atoms. The molecule has 5 nitrogen and oxygen atoms in total. The molecule has 0 N–H and O–H groups in total. The summed E-state index contributed by atoms with van der Waals surface area (Å²) in [6.07, 6.45) is 0. The minimum Gasteiger partial charge on any atom is -0.456 e. The SMILES string of the molecule is c1ccc(-c2nc(-c3ccccc3)nc(-c3cc4oc5ccccc5c4c4cc(-n5c6ccccc6c6cc7ccccc7cc65)ccc34)n2)cc1. The van der Waals surface area contributed by atoms with Crippen molar-refractivity contribution in [2.75, 3.05) is 0 Å². The van der Waals surface area contributed by atoms with Gasteiger partial charge in [-0.05, 0) is 64.0 Å². The molecule has 0 aliphatic heterocycles. The van der Waals surface area contributed by atoms with Gasteiger partial charge in [-0.15, -0.1) is 0 Å². The molecule has 0 radical (unpaired) electrons. The molecule has 3 heterocycles. The predicted octanol–water partition coefficient (Wildman–Crippen LogP) is 12.2. The summed E-state index contributed by atoms with van der Waals surface area (Å²) in [4.78, 5) is 15.2. The van der Waals surface area contributed by atoms with Crippen LogP contribution in [0.1, 0.15) is 0 Å². The number of aromatic nitrogens is 4. The van der Waals surface area contributed by atoms with Gasteiger partial charge >= 0.3 is 0 Å². The maximum Gasteiger partial charge on any atom is 0.164 e. The third kappa shape index (κ3) is 4.39. The van der Waals surface area contributed by atoms with E-state index in [0.717, 1.165) is 60.6 Å². The summed E-state index contributed by atoms with van der Waals surface area (Å²) in [6, 6.07) is 59.2. The molecule has 0 atom stereocenters. The average Bonchev–Trinajstić information content (AvgIpc) is 3.75. The Morgan fingerprint density at radius 1 is 0.385 bits per heavy atom. The average molecular weight is 665 g/mol. The van der Waals surface area contributed by atoms with Gasteiger partial charge in [0, 0.05) is 43.9 Å². The summed E-state index contributed by atoms with van der Waals surface area (Å²) in [5.41, 5.74) is 7.78. The van der Waals surface area contributed by atoms with E-state index in [9.17, 15) is 0 Å². The van der Waals surface area contributed by atoms with Crippen molar-refractivity contribution in [1.29, 1.82) is 0 Å². The molecule has 0 fully saturated rings. The summed E-state index contributed by atoms with van der Waals surface area (Å²) < 4.78 is 8.98. The van der Waals surface area contributed by atoms with E-state index in [-0.39, 0.29) is 0 Å². The van der Waals surface area contributed by atoms with E-state index in [2.05, 4.69) is 102 Å². The van der Waals surface area contributed by atoms with Gasteiger partial charge < -0.3 is 8.98 Å². The topological polar surface area (TPSA) is 56.7 Å². The van der Waals surface area contributed by atoms with Crippen molar-refractivity contribution >= 4 is 65.3 Å². The van der Waals surface area contributed by atoms with Crippen molar-refractivity contribution in [3.63, 3.8) is 0 Å². The van der Waals surface area contributed by atoms with Crippen LogP contribution in [-0.2, 0) is 0 Å². The Labute approximate surface area is 298 Å². The molecule has 0 saturated carbocycles. The number of rotatable bonds is 4. The van der Waals surface area contributed by atoms with Gasteiger partial charge in [0.05, 0.1) is 11.0 Å². The van der Waals surface area contributed by atoms with E-state index in [0.29, 0.717) is 17.5 Å². The first kappa shape index (κ1) is 28.7. The quantitative estimate of drug-likeness (QED) is 0.188. The van der Waals surface area contributed by atoms with E-state index in [1.807, 2.05) is 72.8 Å². The summed E-state index contributed by atoms with van der Waals surface area (Å²) >= 11 is 0. The van der Waals surface area contributed by atoms with E-state index in [4.69, 9.17) is 19.4 Å². The van der Waals surface area contributed by atoms with Gasteiger partial charge in [0.2, 0.25) is 0 Å². The lowest BCUT2D eigenvalue weighted by Gasteiger charge is -2.14. The summed E-state index contributed by atoms with van der Waals surface area (Å²) in [7, 11) is 0. The van der Waals surface area contributed by atoms with Crippen LogP contribution < -0.4 is 0 Å². The number of furan rings is 1. The van der Waals surface area contributed by atoms with Crippen LogP contribution in [0.5, 0.6) is 0 Å². The second-order valence-corrected chi connectivity index (χ2v) is 13.2. The third-order valence-electron chi connectivity index (χ3n) is 10.2. The van der Waals surface area contributed by atoms with Crippen LogP contribution in [0.25, 0.3) is 105 Å². The fraction of sp³-hybridized carbons (Fsp3) is 0. The second-order valence-electron chi connectivity index (χ2n) is 13.2. The first-order chi connectivity index (χ1) is 25.8. The molecule has 8 aromatic carbocycles. The Kier molecular flexibility index (Phi) is 6.18. The number of nitrogens with zero attached hydrogens (tertiary/aromatic N) is 4. The number of hydrogen-bond donors (Lipinski definition) is 0. The van der Waals surface area contributed by atoms with Gasteiger partial charge in [-0.3, -0.25) is 0 Å². The third-order valence-corrected chi connectivity index (χ3v) is 10.2. The van der Waals surface area contributed by atoms with Crippen molar-refractivity contribution in [2.24, 2.45) is 0 Å². The maximum atomic E-state index is 6.59. The van der Waals surface area contributed by atoms with Crippen LogP contribution >= 0.6 is 0 Å². The normalized spacial score (nSPS) is 11.8. The monoisotopic (exact) mass is 664 g/mol. The molecule has 0 aliphatic rings. The number of hydrogen-bond acceptors (Lipinski definition) is 4. The highest BCUT2D eigenvalue weighted by Crippen LogP contribution is 2.42. The molecule has 0 spiro atoms. The molecule has 11 rings (SSSR count). The smallest absolute Gasteiger partial charge is 0.164 e. The highest BCUT2D eigenvalue weighted by molar-refractivity contribution is 6.22. The molecule has 52 heavy (non-hydrogen) atoms. The second kappa shape index (κ2) is 11.2. The van der Waals surface area contributed by atoms with Crippen LogP contribution in [-0.4, -0.2) is 19.5 Å². The largest absolute Gasteiger partial charge is 0.456 e. The molecule has 11 aromatic rings. The maximum absolute atomic E-state index is 6.59. The lowest BCUT2D eigenvalue weighted by atomic mass is 9.97. The van der Waals surface area contributed by atoms with Crippen LogP contribution in [0.2, 0.25) is 0 Å². The Morgan fingerprint density at radius 2 is 1.00 bits per heavy atom. The Balaban J connectivity index is 1.23. The molecule has 0 aliphatic carbocycles. The first-order valence-corrected chi connectivity index (χ1v) is 17.4. The lowest BCUT2D eigenvalue weighted by Crippen LogP contribution is -2.01. The van der Waals surface area contributed by atoms with Crippen molar-refractivity contribution < 1.29 is 4.42 Å². The van der Waals surface area contributed by atoms with Crippen molar-refractivity contribution in [1.82, 2.24) is 19.5 Å². The van der Waals surface area contributed by atoms with Gasteiger partial charge in [0.1, 0.15) is 11.2 Å². The van der Waals surface area contributed by atoms with Crippen molar-refractivity contribution in [3.05, 3.63) is 170 Å². The van der Waals surface area contributed by atoms with Gasteiger partial charge in [-0.25, -0.2) is 15.0 Å². The fourth-order valence-corrected chi connectivity index (χ4v) is 7.81. The molecule has 242 valence electrons. The summed E-state index contributed by atoms with van der Waals surface area (Å²) in [5, 5.41) is 9.16. The van der Waals surface area contributed by atoms with E-state index in [1.165, 1.54) is 27.1 Å². The standard InChI is InChI=1S/C47H28N4O/c1-3-13-29(14-4-1)45-48-46(30-15-5-2-6-16-30)50-47(49-45)39-28-43-44(36-20-10-12-22-42(36)52-43)38-27-33(23-24-34(38)39)51-40-21-11-9-19-35(40)37-25-31-17-7-8-18-32(31)26-41(37)51/h1-28H. The van der Waals surface area contributed by atoms with Crippen molar-refractivity contribution in [3.8, 4) is 39.9 Å². The molecule has 0 unspecified atom stereocenters. The molecule has 3 aromatic heterocycles. The van der Waals surface area contributed by atoms with E-state index < -0.39 is 0 Å². The minimum atomic E-state index is 0.594. The molecule has 5 heteroatoms. The Bertz CT molecular complexity index is 3120. The Hall–Kier alpha value is -7.11. The van der Waals surface area contributed by atoms with E-state index in [1.54, 1.807) is 0 Å². The van der Waals surface area contributed by atoms with Gasteiger partial charge in [-0.2, -0.15) is 0 Å². The summed E-state index contributed by atoms with van der Waals surface area (Å²) in [6.45, 7) is 0. The highest BCUT2D eigenvalue weighted by atomic mass is 16.3. The zero-order valence-electron chi connectivity index (χ0n) is 27.9. The number of para-hydroxylation sites is 2. The number of benzene rings is 8. The zero-order valence-corrected chi connectivity index (χ0v) is 27.9. The van der Waals surface area contributed by atoms with Crippen LogP contribution in [0.15, 0.2) is 174 Å². The van der Waals surface area contributed by atoms with Crippen LogP contribution in [0.4, 0.5) is 0 Å². The van der Waals surface area contributed by atoms with Crippen molar-refractivity contribution in [2.45, 2.75) is 0 Å². The first-order valence-electron chi connectivity index (χ1n) is 17.4. The molecule has 0 saturated heterocycles. The van der Waals surface area contributed by atoms with E-state index >= 15 is 0 Å². The van der Waals surface area contributed by atoms with Crippen LogP contribution in [0.3, 0.4) is 0 Å². The Morgan fingerprint density at radius 3 is 1.75 bits per heavy atom. The fourth-order valence-electron chi connectivity index (χ4n) is 7.81.